The fourth-order valence-corrected chi connectivity index (χ4v) is 2.08. The minimum atomic E-state index is 0.343. The molecular formula is C15H12N4S. The number of rotatable bonds is 3. The van der Waals surface area contributed by atoms with Gasteiger partial charge in [0.2, 0.25) is 0 Å². The zero-order valence-corrected chi connectivity index (χ0v) is 11.4. The average Bonchev–Trinajstić information content (AvgIpc) is 2.48. The lowest BCUT2D eigenvalue weighted by atomic mass is 10.2. The van der Waals surface area contributed by atoms with Crippen molar-refractivity contribution >= 4 is 39.6 Å². The molecule has 0 bridgehead atoms. The lowest BCUT2D eigenvalue weighted by Crippen LogP contribution is -2.09. The molecule has 1 aromatic carbocycles. The molecule has 3 N–H and O–H groups in total. The van der Waals surface area contributed by atoms with E-state index in [1.807, 2.05) is 42.5 Å². The summed E-state index contributed by atoms with van der Waals surface area (Å²) in [5.74, 6) is 0.725. The van der Waals surface area contributed by atoms with Crippen molar-refractivity contribution in [2.45, 2.75) is 0 Å². The molecule has 0 radical (unpaired) electrons. The quantitative estimate of drug-likeness (QED) is 0.722. The third-order valence-electron chi connectivity index (χ3n) is 2.94. The van der Waals surface area contributed by atoms with Crippen molar-refractivity contribution in [3.8, 4) is 0 Å². The van der Waals surface area contributed by atoms with Crippen molar-refractivity contribution in [2.24, 2.45) is 5.73 Å². The molecule has 4 nitrogen and oxygen atoms in total. The Morgan fingerprint density at radius 3 is 2.65 bits per heavy atom. The number of benzene rings is 1. The molecule has 0 aliphatic rings. The molecule has 0 amide bonds. The molecule has 20 heavy (non-hydrogen) atoms. The summed E-state index contributed by atoms with van der Waals surface area (Å²) in [4.78, 5) is 9.03. The number of hydrogen-bond acceptors (Lipinski definition) is 4. The number of para-hydroxylation sites is 1. The predicted octanol–water partition coefficient (Wildman–Crippen LogP) is 3.01. The number of hydrogen-bond donors (Lipinski definition) is 2. The van der Waals surface area contributed by atoms with Crippen LogP contribution in [-0.2, 0) is 0 Å². The molecule has 2 heterocycles. The van der Waals surface area contributed by atoms with Crippen LogP contribution in [0.4, 0.5) is 11.5 Å². The van der Waals surface area contributed by atoms with Gasteiger partial charge in [0.25, 0.3) is 0 Å². The van der Waals surface area contributed by atoms with Crippen molar-refractivity contribution in [3.05, 3.63) is 60.4 Å². The molecule has 0 atom stereocenters. The Labute approximate surface area is 121 Å². The second-order valence-corrected chi connectivity index (χ2v) is 4.74. The molecule has 5 heteroatoms. The molecule has 0 saturated heterocycles. The van der Waals surface area contributed by atoms with Gasteiger partial charge in [-0.2, -0.15) is 0 Å². The molecule has 0 fully saturated rings. The lowest BCUT2D eigenvalue weighted by Gasteiger charge is -2.08. The van der Waals surface area contributed by atoms with Crippen LogP contribution in [0.1, 0.15) is 5.56 Å². The van der Waals surface area contributed by atoms with Gasteiger partial charge in [-0.3, -0.25) is 4.98 Å². The third-order valence-corrected chi connectivity index (χ3v) is 3.18. The topological polar surface area (TPSA) is 63.8 Å². The second kappa shape index (κ2) is 5.22. The summed E-state index contributed by atoms with van der Waals surface area (Å²) < 4.78 is 0. The highest BCUT2D eigenvalue weighted by atomic mass is 32.1. The normalized spacial score (nSPS) is 10.4. The Bertz CT molecular complexity index is 763. The van der Waals surface area contributed by atoms with E-state index >= 15 is 0 Å². The van der Waals surface area contributed by atoms with Gasteiger partial charge in [-0.1, -0.05) is 30.4 Å². The number of nitrogens with two attached hydrogens (primary N) is 1. The van der Waals surface area contributed by atoms with Gasteiger partial charge in [0.15, 0.2) is 0 Å². The van der Waals surface area contributed by atoms with Crippen LogP contribution in [0.3, 0.4) is 0 Å². The SMILES string of the molecule is NC(=S)c1ccc(Nc2cccc3cccnc23)nc1. The predicted molar refractivity (Wildman–Crippen MR) is 85.2 cm³/mol. The van der Waals surface area contributed by atoms with Crippen molar-refractivity contribution in [1.29, 1.82) is 0 Å². The van der Waals surface area contributed by atoms with Crippen molar-refractivity contribution in [1.82, 2.24) is 9.97 Å². The lowest BCUT2D eigenvalue weighted by molar-refractivity contribution is 1.29. The van der Waals surface area contributed by atoms with Gasteiger partial charge in [-0.15, -0.1) is 0 Å². The molecule has 0 saturated carbocycles. The first-order valence-electron chi connectivity index (χ1n) is 6.11. The highest BCUT2D eigenvalue weighted by Gasteiger charge is 2.03. The summed E-state index contributed by atoms with van der Waals surface area (Å²) in [5, 5.41) is 4.34. The molecule has 3 rings (SSSR count). The van der Waals surface area contributed by atoms with E-state index in [-0.39, 0.29) is 0 Å². The maximum atomic E-state index is 5.55. The first-order chi connectivity index (χ1) is 9.74. The van der Waals surface area contributed by atoms with Gasteiger partial charge >= 0.3 is 0 Å². The summed E-state index contributed by atoms with van der Waals surface area (Å²) in [6, 6.07) is 13.6. The second-order valence-electron chi connectivity index (χ2n) is 4.30. The van der Waals surface area contributed by atoms with Crippen molar-refractivity contribution < 1.29 is 0 Å². The Kier molecular flexibility index (Phi) is 3.26. The maximum absolute atomic E-state index is 5.55. The number of fused-ring (bicyclic) bond motifs is 1. The summed E-state index contributed by atoms with van der Waals surface area (Å²) in [7, 11) is 0. The minimum absolute atomic E-state index is 0.343. The van der Waals surface area contributed by atoms with E-state index in [2.05, 4.69) is 15.3 Å². The summed E-state index contributed by atoms with van der Waals surface area (Å²) in [5.41, 5.74) is 8.13. The summed E-state index contributed by atoms with van der Waals surface area (Å²) >= 11 is 4.91. The minimum Gasteiger partial charge on any atom is -0.389 e. The van der Waals surface area contributed by atoms with Gasteiger partial charge in [-0.05, 0) is 24.3 Å². The number of nitrogens with one attached hydrogen (secondary N) is 1. The van der Waals surface area contributed by atoms with E-state index < -0.39 is 0 Å². The molecule has 0 unspecified atom stereocenters. The summed E-state index contributed by atoms with van der Waals surface area (Å²) in [6.07, 6.45) is 3.43. The molecule has 98 valence electrons. The molecule has 0 aliphatic heterocycles. The average molecular weight is 280 g/mol. The van der Waals surface area contributed by atoms with Crippen LogP contribution in [-0.4, -0.2) is 15.0 Å². The maximum Gasteiger partial charge on any atom is 0.130 e. The van der Waals surface area contributed by atoms with Crippen LogP contribution in [0.15, 0.2) is 54.9 Å². The van der Waals surface area contributed by atoms with Gasteiger partial charge in [-0.25, -0.2) is 4.98 Å². The number of aromatic nitrogens is 2. The summed E-state index contributed by atoms with van der Waals surface area (Å²) in [6.45, 7) is 0. The molecule has 0 spiro atoms. The van der Waals surface area contributed by atoms with E-state index in [1.54, 1.807) is 12.4 Å². The van der Waals surface area contributed by atoms with E-state index in [0.717, 1.165) is 28.0 Å². The van der Waals surface area contributed by atoms with Crippen LogP contribution < -0.4 is 11.1 Å². The van der Waals surface area contributed by atoms with Crippen LogP contribution in [0.25, 0.3) is 10.9 Å². The fraction of sp³-hybridized carbons (Fsp3) is 0. The highest BCUT2D eigenvalue weighted by Crippen LogP contribution is 2.23. The molecular weight excluding hydrogens is 268 g/mol. The van der Waals surface area contributed by atoms with Crippen LogP contribution in [0, 0.1) is 0 Å². The zero-order chi connectivity index (χ0) is 13.9. The largest absolute Gasteiger partial charge is 0.389 e. The number of anilines is 2. The Morgan fingerprint density at radius 1 is 1.05 bits per heavy atom. The number of nitrogens with zero attached hydrogens (tertiary/aromatic N) is 2. The number of thiocarbonyl (C=S) groups is 1. The van der Waals surface area contributed by atoms with E-state index in [1.165, 1.54) is 0 Å². The van der Waals surface area contributed by atoms with Crippen molar-refractivity contribution in [3.63, 3.8) is 0 Å². The van der Waals surface area contributed by atoms with Crippen LogP contribution >= 0.6 is 12.2 Å². The van der Waals surface area contributed by atoms with Gasteiger partial charge < -0.3 is 11.1 Å². The van der Waals surface area contributed by atoms with Crippen molar-refractivity contribution in [2.75, 3.05) is 5.32 Å². The van der Waals surface area contributed by atoms with E-state index in [0.29, 0.717) is 4.99 Å². The third kappa shape index (κ3) is 2.44. The van der Waals surface area contributed by atoms with E-state index in [4.69, 9.17) is 18.0 Å². The Balaban J connectivity index is 1.95. The van der Waals surface area contributed by atoms with Gasteiger partial charge in [0, 0.05) is 23.3 Å². The number of pyridine rings is 2. The van der Waals surface area contributed by atoms with E-state index in [9.17, 15) is 0 Å². The van der Waals surface area contributed by atoms with Crippen LogP contribution in [0.5, 0.6) is 0 Å². The standard InChI is InChI=1S/C15H12N4S/c16-15(20)11-6-7-13(18-9-11)19-12-5-1-3-10-4-2-8-17-14(10)12/h1-9H,(H2,16,20)(H,18,19). The first kappa shape index (κ1) is 12.5. The fourth-order valence-electron chi connectivity index (χ4n) is 1.96. The Morgan fingerprint density at radius 2 is 1.90 bits per heavy atom. The zero-order valence-electron chi connectivity index (χ0n) is 10.6. The Hall–Kier alpha value is -2.53. The monoisotopic (exact) mass is 280 g/mol. The van der Waals surface area contributed by atoms with Gasteiger partial charge in [0.05, 0.1) is 11.2 Å². The molecule has 2 aromatic heterocycles. The first-order valence-corrected chi connectivity index (χ1v) is 6.51. The van der Waals surface area contributed by atoms with Crippen LogP contribution in [0.2, 0.25) is 0 Å². The molecule has 0 aliphatic carbocycles. The molecule has 3 aromatic rings. The highest BCUT2D eigenvalue weighted by molar-refractivity contribution is 7.80. The smallest absolute Gasteiger partial charge is 0.130 e. The van der Waals surface area contributed by atoms with Gasteiger partial charge in [0.1, 0.15) is 10.8 Å².